The van der Waals surface area contributed by atoms with Crippen LogP contribution in [-0.4, -0.2) is 15.8 Å². The van der Waals surface area contributed by atoms with Gasteiger partial charge >= 0.3 is 0 Å². The van der Waals surface area contributed by atoms with Crippen molar-refractivity contribution in [3.05, 3.63) is 24.3 Å². The standard InChI is InChI=1S/C13H18N2O/c1-2-10-5-3-4-6-11(10)13(16)12-9-14-7-8-15-12/h7-11H,2-6H2,1H3. The molecule has 0 aliphatic heterocycles. The van der Waals surface area contributed by atoms with Gasteiger partial charge in [-0.3, -0.25) is 9.78 Å². The lowest BCUT2D eigenvalue weighted by Crippen LogP contribution is -2.27. The van der Waals surface area contributed by atoms with Crippen LogP contribution in [0.4, 0.5) is 0 Å². The van der Waals surface area contributed by atoms with E-state index in [9.17, 15) is 4.79 Å². The molecule has 86 valence electrons. The highest BCUT2D eigenvalue weighted by Crippen LogP contribution is 2.33. The molecule has 0 saturated heterocycles. The highest BCUT2D eigenvalue weighted by molar-refractivity contribution is 5.96. The highest BCUT2D eigenvalue weighted by Gasteiger charge is 2.30. The van der Waals surface area contributed by atoms with Crippen LogP contribution in [0.5, 0.6) is 0 Å². The fourth-order valence-corrected chi connectivity index (χ4v) is 2.66. The number of nitrogens with zero attached hydrogens (tertiary/aromatic N) is 2. The number of ketones is 1. The predicted octanol–water partition coefficient (Wildman–Crippen LogP) is 2.88. The normalized spacial score (nSPS) is 25.3. The summed E-state index contributed by atoms with van der Waals surface area (Å²) in [6, 6.07) is 0. The highest BCUT2D eigenvalue weighted by atomic mass is 16.1. The van der Waals surface area contributed by atoms with Gasteiger partial charge in [-0.1, -0.05) is 26.2 Å². The molecule has 0 spiro atoms. The summed E-state index contributed by atoms with van der Waals surface area (Å²) in [4.78, 5) is 20.3. The van der Waals surface area contributed by atoms with Gasteiger partial charge in [0.15, 0.2) is 5.78 Å². The van der Waals surface area contributed by atoms with Gasteiger partial charge in [-0.2, -0.15) is 0 Å². The first kappa shape index (κ1) is 11.2. The number of rotatable bonds is 3. The topological polar surface area (TPSA) is 42.9 Å². The third kappa shape index (κ3) is 2.29. The van der Waals surface area contributed by atoms with Gasteiger partial charge in [0.25, 0.3) is 0 Å². The van der Waals surface area contributed by atoms with Crippen LogP contribution < -0.4 is 0 Å². The van der Waals surface area contributed by atoms with Crippen LogP contribution in [0.1, 0.15) is 49.5 Å². The molecule has 3 nitrogen and oxygen atoms in total. The van der Waals surface area contributed by atoms with E-state index in [0.29, 0.717) is 11.6 Å². The molecule has 1 aromatic rings. The van der Waals surface area contributed by atoms with Crippen molar-refractivity contribution in [3.8, 4) is 0 Å². The fourth-order valence-electron chi connectivity index (χ4n) is 2.66. The second kappa shape index (κ2) is 5.19. The molecule has 1 aliphatic rings. The number of hydrogen-bond acceptors (Lipinski definition) is 3. The Morgan fingerprint density at radius 2 is 2.19 bits per heavy atom. The summed E-state index contributed by atoms with van der Waals surface area (Å²) >= 11 is 0. The van der Waals surface area contributed by atoms with Crippen LogP contribution in [0.3, 0.4) is 0 Å². The molecule has 0 amide bonds. The molecule has 1 aliphatic carbocycles. The van der Waals surface area contributed by atoms with Gasteiger partial charge in [0.05, 0.1) is 6.20 Å². The number of carbonyl (C=O) groups is 1. The van der Waals surface area contributed by atoms with Crippen molar-refractivity contribution in [2.24, 2.45) is 11.8 Å². The molecular weight excluding hydrogens is 200 g/mol. The minimum Gasteiger partial charge on any atom is -0.292 e. The zero-order valence-electron chi connectivity index (χ0n) is 9.72. The van der Waals surface area contributed by atoms with Crippen molar-refractivity contribution >= 4 is 5.78 Å². The minimum atomic E-state index is 0.176. The van der Waals surface area contributed by atoms with Crippen LogP contribution in [0.15, 0.2) is 18.6 Å². The molecule has 0 radical (unpaired) electrons. The molecule has 2 atom stereocenters. The maximum atomic E-state index is 12.3. The van der Waals surface area contributed by atoms with Crippen molar-refractivity contribution in [1.29, 1.82) is 0 Å². The van der Waals surface area contributed by atoms with E-state index in [-0.39, 0.29) is 11.7 Å². The van der Waals surface area contributed by atoms with Crippen molar-refractivity contribution < 1.29 is 4.79 Å². The fraction of sp³-hybridized carbons (Fsp3) is 0.615. The number of Topliss-reactive ketones (excluding diaryl/α,β-unsaturated/α-hetero) is 1. The zero-order chi connectivity index (χ0) is 11.4. The first-order valence-corrected chi connectivity index (χ1v) is 6.13. The van der Waals surface area contributed by atoms with E-state index < -0.39 is 0 Å². The Balaban J connectivity index is 2.14. The summed E-state index contributed by atoms with van der Waals surface area (Å²) in [5, 5.41) is 0. The number of aromatic nitrogens is 2. The smallest absolute Gasteiger partial charge is 0.186 e. The second-order valence-electron chi connectivity index (χ2n) is 4.51. The largest absolute Gasteiger partial charge is 0.292 e. The molecule has 0 aromatic carbocycles. The van der Waals surface area contributed by atoms with Crippen LogP contribution in [0.25, 0.3) is 0 Å². The van der Waals surface area contributed by atoms with E-state index in [1.807, 2.05) is 0 Å². The summed E-state index contributed by atoms with van der Waals surface area (Å²) in [5.41, 5.74) is 0.535. The van der Waals surface area contributed by atoms with Crippen LogP contribution in [0.2, 0.25) is 0 Å². The SMILES string of the molecule is CCC1CCCCC1C(=O)c1cnccn1. The van der Waals surface area contributed by atoms with Gasteiger partial charge in [-0.15, -0.1) is 0 Å². The Hall–Kier alpha value is -1.25. The first-order valence-electron chi connectivity index (χ1n) is 6.13. The lowest BCUT2D eigenvalue weighted by atomic mass is 9.75. The summed E-state index contributed by atoms with van der Waals surface area (Å²) < 4.78 is 0. The maximum Gasteiger partial charge on any atom is 0.186 e. The van der Waals surface area contributed by atoms with E-state index in [1.54, 1.807) is 18.6 Å². The van der Waals surface area contributed by atoms with Crippen LogP contribution in [-0.2, 0) is 0 Å². The van der Waals surface area contributed by atoms with Gasteiger partial charge in [-0.05, 0) is 18.8 Å². The maximum absolute atomic E-state index is 12.3. The summed E-state index contributed by atoms with van der Waals surface area (Å²) in [6.45, 7) is 2.17. The van der Waals surface area contributed by atoms with E-state index in [2.05, 4.69) is 16.9 Å². The molecule has 16 heavy (non-hydrogen) atoms. The summed E-state index contributed by atoms with van der Waals surface area (Å²) in [6.07, 6.45) is 10.5. The van der Waals surface area contributed by atoms with E-state index in [0.717, 1.165) is 12.8 Å². The average Bonchev–Trinajstić information content (AvgIpc) is 2.39. The second-order valence-corrected chi connectivity index (χ2v) is 4.51. The molecule has 0 bridgehead atoms. The van der Waals surface area contributed by atoms with Gasteiger partial charge in [-0.25, -0.2) is 4.98 Å². The van der Waals surface area contributed by atoms with Crippen molar-refractivity contribution in [2.45, 2.75) is 39.0 Å². The molecule has 1 heterocycles. The molecule has 3 heteroatoms. The van der Waals surface area contributed by atoms with E-state index in [4.69, 9.17) is 0 Å². The first-order chi connectivity index (χ1) is 7.83. The molecule has 2 rings (SSSR count). The minimum absolute atomic E-state index is 0.176. The third-order valence-corrected chi connectivity index (χ3v) is 3.59. The van der Waals surface area contributed by atoms with E-state index in [1.165, 1.54) is 19.3 Å². The van der Waals surface area contributed by atoms with Crippen molar-refractivity contribution in [1.82, 2.24) is 9.97 Å². The van der Waals surface area contributed by atoms with Gasteiger partial charge in [0.1, 0.15) is 5.69 Å². The molecule has 1 fully saturated rings. The lowest BCUT2D eigenvalue weighted by Gasteiger charge is -2.29. The van der Waals surface area contributed by atoms with E-state index >= 15 is 0 Å². The Labute approximate surface area is 96.3 Å². The number of hydrogen-bond donors (Lipinski definition) is 0. The number of carbonyl (C=O) groups excluding carboxylic acids is 1. The zero-order valence-corrected chi connectivity index (χ0v) is 9.72. The monoisotopic (exact) mass is 218 g/mol. The quantitative estimate of drug-likeness (QED) is 0.733. The molecule has 1 aromatic heterocycles. The Morgan fingerprint density at radius 3 is 2.88 bits per heavy atom. The lowest BCUT2D eigenvalue weighted by molar-refractivity contribution is 0.0814. The third-order valence-electron chi connectivity index (χ3n) is 3.59. The van der Waals surface area contributed by atoms with Gasteiger partial charge < -0.3 is 0 Å². The van der Waals surface area contributed by atoms with Gasteiger partial charge in [0.2, 0.25) is 0 Å². The molecule has 0 N–H and O–H groups in total. The molecule has 1 saturated carbocycles. The predicted molar refractivity (Wildman–Crippen MR) is 62.1 cm³/mol. The average molecular weight is 218 g/mol. The van der Waals surface area contributed by atoms with Crippen LogP contribution >= 0.6 is 0 Å². The Morgan fingerprint density at radius 1 is 1.38 bits per heavy atom. The van der Waals surface area contributed by atoms with Crippen LogP contribution in [0, 0.1) is 11.8 Å². The Kier molecular flexibility index (Phi) is 3.65. The Bertz CT molecular complexity index is 350. The molecular formula is C13H18N2O. The molecule has 2 unspecified atom stereocenters. The van der Waals surface area contributed by atoms with Crippen molar-refractivity contribution in [3.63, 3.8) is 0 Å². The summed E-state index contributed by atoms with van der Waals surface area (Å²) in [5.74, 6) is 0.915. The van der Waals surface area contributed by atoms with Gasteiger partial charge in [0, 0.05) is 18.3 Å². The summed E-state index contributed by atoms with van der Waals surface area (Å²) in [7, 11) is 0. The van der Waals surface area contributed by atoms with Crippen molar-refractivity contribution in [2.75, 3.05) is 0 Å².